The van der Waals surface area contributed by atoms with Crippen molar-refractivity contribution in [3.8, 4) is 12.3 Å². The highest BCUT2D eigenvalue weighted by molar-refractivity contribution is 6.18. The molecule has 0 saturated carbocycles. The van der Waals surface area contributed by atoms with Gasteiger partial charge in [-0.05, 0) is 40.2 Å². The third kappa shape index (κ3) is 4.45. The van der Waals surface area contributed by atoms with Crippen LogP contribution < -0.4 is 0 Å². The van der Waals surface area contributed by atoms with E-state index in [1.54, 1.807) is 27.7 Å². The molecule has 0 heterocycles. The van der Waals surface area contributed by atoms with Crippen LogP contribution in [0.25, 0.3) is 0 Å². The Hall–Kier alpha value is -2.09. The number of esters is 2. The van der Waals surface area contributed by atoms with Crippen LogP contribution in [0.2, 0.25) is 0 Å². The Bertz CT molecular complexity index is 530. The smallest absolute Gasteiger partial charge is 0.341 e. The van der Waals surface area contributed by atoms with Crippen LogP contribution in [0.5, 0.6) is 0 Å². The van der Waals surface area contributed by atoms with Crippen LogP contribution in [0.3, 0.4) is 0 Å². The summed E-state index contributed by atoms with van der Waals surface area (Å²) >= 11 is 0. The minimum Gasteiger partial charge on any atom is -0.456 e. The van der Waals surface area contributed by atoms with Gasteiger partial charge < -0.3 is 9.47 Å². The minimum absolute atomic E-state index is 0.0900. The lowest BCUT2D eigenvalue weighted by atomic mass is 9.77. The first-order valence-electron chi connectivity index (χ1n) is 6.69. The Morgan fingerprint density at radius 2 is 2.05 bits per heavy atom. The highest BCUT2D eigenvalue weighted by Gasteiger charge is 2.40. The van der Waals surface area contributed by atoms with Gasteiger partial charge in [0.25, 0.3) is 0 Å². The molecule has 0 N–H and O–H groups in total. The highest BCUT2D eigenvalue weighted by atomic mass is 16.6. The molecule has 0 amide bonds. The molecule has 114 valence electrons. The largest absolute Gasteiger partial charge is 0.456 e. The molecule has 0 aromatic heterocycles. The third-order valence-electron chi connectivity index (χ3n) is 3.01. The Morgan fingerprint density at radius 1 is 1.43 bits per heavy atom. The van der Waals surface area contributed by atoms with Crippen molar-refractivity contribution in [3.05, 3.63) is 11.6 Å². The fourth-order valence-electron chi connectivity index (χ4n) is 1.92. The average Bonchev–Trinajstić information content (AvgIpc) is 2.36. The first-order chi connectivity index (χ1) is 9.59. The maximum Gasteiger partial charge on any atom is 0.341 e. The number of ether oxygens (including phenoxy) is 2. The molecule has 0 aliphatic heterocycles. The molecular weight excluding hydrogens is 272 g/mol. The summed E-state index contributed by atoms with van der Waals surface area (Å²) in [7, 11) is 0. The summed E-state index contributed by atoms with van der Waals surface area (Å²) < 4.78 is 10.1. The number of carbonyl (C=O) groups excluding carboxylic acids is 3. The van der Waals surface area contributed by atoms with Crippen LogP contribution in [-0.4, -0.2) is 29.9 Å². The van der Waals surface area contributed by atoms with Crippen molar-refractivity contribution in [2.45, 2.75) is 46.1 Å². The van der Waals surface area contributed by atoms with Gasteiger partial charge in [-0.2, -0.15) is 0 Å². The van der Waals surface area contributed by atoms with E-state index >= 15 is 0 Å². The van der Waals surface area contributed by atoms with Crippen molar-refractivity contribution in [2.24, 2.45) is 5.41 Å². The molecule has 0 saturated heterocycles. The molecule has 0 aromatic carbocycles. The van der Waals surface area contributed by atoms with Gasteiger partial charge in [0.2, 0.25) is 0 Å². The highest BCUT2D eigenvalue weighted by Crippen LogP contribution is 2.34. The lowest BCUT2D eigenvalue weighted by molar-refractivity contribution is -0.152. The van der Waals surface area contributed by atoms with Crippen molar-refractivity contribution in [2.75, 3.05) is 6.61 Å². The number of hydrogen-bond acceptors (Lipinski definition) is 5. The Balaban J connectivity index is 3.01. The predicted molar refractivity (Wildman–Crippen MR) is 76.1 cm³/mol. The zero-order valence-corrected chi connectivity index (χ0v) is 12.8. The van der Waals surface area contributed by atoms with E-state index in [1.807, 2.05) is 0 Å². The second kappa shape index (κ2) is 6.13. The van der Waals surface area contributed by atoms with Gasteiger partial charge in [0.1, 0.15) is 5.60 Å². The Morgan fingerprint density at radius 3 is 2.57 bits per heavy atom. The fourth-order valence-corrected chi connectivity index (χ4v) is 1.92. The number of carbonyl (C=O) groups is 3. The predicted octanol–water partition coefficient (Wildman–Crippen LogP) is 1.80. The summed E-state index contributed by atoms with van der Waals surface area (Å²) in [6.07, 6.45) is 6.75. The van der Waals surface area contributed by atoms with Gasteiger partial charge in [-0.3, -0.25) is 9.59 Å². The van der Waals surface area contributed by atoms with E-state index in [2.05, 4.69) is 5.92 Å². The summed E-state index contributed by atoms with van der Waals surface area (Å²) in [5.41, 5.74) is -1.86. The van der Waals surface area contributed by atoms with E-state index in [1.165, 1.54) is 6.08 Å². The molecule has 0 fully saturated rings. The van der Waals surface area contributed by atoms with Gasteiger partial charge >= 0.3 is 11.9 Å². The number of hydrogen-bond donors (Lipinski definition) is 0. The lowest BCUT2D eigenvalue weighted by Crippen LogP contribution is -2.36. The van der Waals surface area contributed by atoms with Crippen LogP contribution in [0.15, 0.2) is 11.6 Å². The topological polar surface area (TPSA) is 69.7 Å². The standard InChI is InChI=1S/C16H20O5/c1-6-9-20-14(19)16(5)8-7-12(17)11(10-16)13(18)21-15(2,3)4/h1,10H,7-9H2,2-5H3/t16-/m0/s1. The normalized spacial score (nSPS) is 22.0. The van der Waals surface area contributed by atoms with Crippen LogP contribution in [0, 0.1) is 17.8 Å². The van der Waals surface area contributed by atoms with Crippen LogP contribution in [0.4, 0.5) is 0 Å². The van der Waals surface area contributed by atoms with Gasteiger partial charge in [-0.25, -0.2) is 4.79 Å². The Kier molecular flexibility index (Phi) is 4.95. The van der Waals surface area contributed by atoms with E-state index in [9.17, 15) is 14.4 Å². The molecular formula is C16H20O5. The molecule has 1 atom stereocenters. The quantitative estimate of drug-likeness (QED) is 0.451. The first kappa shape index (κ1) is 17.0. The first-order valence-corrected chi connectivity index (χ1v) is 6.69. The van der Waals surface area contributed by atoms with E-state index in [4.69, 9.17) is 15.9 Å². The van der Waals surface area contributed by atoms with Crippen molar-refractivity contribution in [3.63, 3.8) is 0 Å². The molecule has 0 spiro atoms. The summed E-state index contributed by atoms with van der Waals surface area (Å²) in [6.45, 7) is 6.60. The summed E-state index contributed by atoms with van der Waals surface area (Å²) in [6, 6.07) is 0. The zero-order chi connectivity index (χ0) is 16.3. The number of rotatable bonds is 3. The van der Waals surface area contributed by atoms with Gasteiger partial charge in [0.15, 0.2) is 12.4 Å². The lowest BCUT2D eigenvalue weighted by Gasteiger charge is -2.29. The summed E-state index contributed by atoms with van der Waals surface area (Å²) in [5, 5.41) is 0. The molecule has 0 radical (unpaired) electrons. The molecule has 0 aromatic rings. The zero-order valence-electron chi connectivity index (χ0n) is 12.8. The number of ketones is 1. The van der Waals surface area contributed by atoms with Gasteiger partial charge in [-0.15, -0.1) is 6.42 Å². The minimum atomic E-state index is -1.04. The average molecular weight is 292 g/mol. The maximum absolute atomic E-state index is 12.1. The SMILES string of the molecule is C#CCOC(=O)[C@]1(C)C=C(C(=O)OC(C)(C)C)C(=O)CC1. The molecule has 1 aliphatic rings. The van der Waals surface area contributed by atoms with Crippen LogP contribution >= 0.6 is 0 Å². The molecule has 21 heavy (non-hydrogen) atoms. The van der Waals surface area contributed by atoms with Gasteiger partial charge in [0, 0.05) is 6.42 Å². The van der Waals surface area contributed by atoms with E-state index in [-0.39, 0.29) is 30.8 Å². The number of Topliss-reactive ketones (excluding diaryl/α,β-unsaturated/α-hetero) is 1. The molecule has 0 unspecified atom stereocenters. The van der Waals surface area contributed by atoms with Crippen LogP contribution in [-0.2, 0) is 23.9 Å². The summed E-state index contributed by atoms with van der Waals surface area (Å²) in [4.78, 5) is 36.0. The number of terminal acetylenes is 1. The third-order valence-corrected chi connectivity index (χ3v) is 3.01. The summed E-state index contributed by atoms with van der Waals surface area (Å²) in [5.74, 6) is 0.613. The van der Waals surface area contributed by atoms with E-state index < -0.39 is 23.0 Å². The molecule has 1 aliphatic carbocycles. The second-order valence-electron chi connectivity index (χ2n) is 6.18. The van der Waals surface area contributed by atoms with Crippen molar-refractivity contribution in [1.29, 1.82) is 0 Å². The van der Waals surface area contributed by atoms with Crippen LogP contribution in [0.1, 0.15) is 40.5 Å². The molecule has 1 rings (SSSR count). The van der Waals surface area contributed by atoms with Gasteiger partial charge in [-0.1, -0.05) is 5.92 Å². The maximum atomic E-state index is 12.1. The monoisotopic (exact) mass is 292 g/mol. The molecule has 0 bridgehead atoms. The molecule has 5 nitrogen and oxygen atoms in total. The van der Waals surface area contributed by atoms with Crippen molar-refractivity contribution in [1.82, 2.24) is 0 Å². The Labute approximate surface area is 124 Å². The molecule has 5 heteroatoms. The van der Waals surface area contributed by atoms with E-state index in [0.29, 0.717) is 0 Å². The van der Waals surface area contributed by atoms with E-state index in [0.717, 1.165) is 0 Å². The fraction of sp³-hybridized carbons (Fsp3) is 0.562. The van der Waals surface area contributed by atoms with Crippen molar-refractivity contribution < 1.29 is 23.9 Å². The second-order valence-corrected chi connectivity index (χ2v) is 6.18. The van der Waals surface area contributed by atoms with Crippen molar-refractivity contribution >= 4 is 17.7 Å². The van der Waals surface area contributed by atoms with Gasteiger partial charge in [0.05, 0.1) is 11.0 Å².